The van der Waals surface area contributed by atoms with Crippen LogP contribution in [-0.2, 0) is 0 Å². The Bertz CT molecular complexity index is 1110. The van der Waals surface area contributed by atoms with Crippen molar-refractivity contribution in [2.24, 2.45) is 0 Å². The van der Waals surface area contributed by atoms with Crippen LogP contribution in [0.25, 0.3) is 0 Å². The number of rotatable bonds is 5. The van der Waals surface area contributed by atoms with Crippen LogP contribution in [-0.4, -0.2) is 51.7 Å². The van der Waals surface area contributed by atoms with Gasteiger partial charge >= 0.3 is 0 Å². The Morgan fingerprint density at radius 2 is 1.69 bits per heavy atom. The average Bonchev–Trinajstić information content (AvgIpc) is 3.35. The van der Waals surface area contributed by atoms with Gasteiger partial charge in [0.2, 0.25) is 0 Å². The van der Waals surface area contributed by atoms with Gasteiger partial charge in [-0.05, 0) is 43.2 Å². The van der Waals surface area contributed by atoms with Crippen LogP contribution < -0.4 is 10.6 Å². The van der Waals surface area contributed by atoms with Gasteiger partial charge in [-0.1, -0.05) is 0 Å². The summed E-state index contributed by atoms with van der Waals surface area (Å²) in [6, 6.07) is 6.47. The van der Waals surface area contributed by atoms with E-state index < -0.39 is 17.6 Å². The molecule has 4 rings (SSSR count). The number of likely N-dealkylation sites (tertiary alicyclic amines) is 1. The smallest absolute Gasteiger partial charge is 0.273 e. The van der Waals surface area contributed by atoms with Crippen LogP contribution in [0, 0.1) is 5.82 Å². The summed E-state index contributed by atoms with van der Waals surface area (Å²) in [6.45, 7) is 0.979. The van der Waals surface area contributed by atoms with Crippen molar-refractivity contribution >= 4 is 23.5 Å². The van der Waals surface area contributed by atoms with Crippen LogP contribution in [0.2, 0.25) is 0 Å². The van der Waals surface area contributed by atoms with Crippen molar-refractivity contribution in [2.75, 3.05) is 18.4 Å². The fourth-order valence-electron chi connectivity index (χ4n) is 3.43. The van der Waals surface area contributed by atoms with E-state index in [-0.39, 0.29) is 29.0 Å². The zero-order valence-corrected chi connectivity index (χ0v) is 17.0. The first kappa shape index (κ1) is 21.2. The van der Waals surface area contributed by atoms with Crippen molar-refractivity contribution in [1.82, 2.24) is 20.2 Å². The third-order valence-electron chi connectivity index (χ3n) is 5.14. The SMILES string of the molecule is O=C(Nc1nccnc1C(=O)NC1CCN(C(=O)c2ccoc2)CC1)c1ccc(F)cc1. The molecule has 0 radical (unpaired) electrons. The molecular weight excluding hydrogens is 417 g/mol. The van der Waals surface area contributed by atoms with Crippen LogP contribution in [0.15, 0.2) is 59.7 Å². The molecule has 1 aliphatic heterocycles. The molecule has 1 fully saturated rings. The molecule has 3 heterocycles. The van der Waals surface area contributed by atoms with Crippen LogP contribution in [0.1, 0.15) is 44.0 Å². The summed E-state index contributed by atoms with van der Waals surface area (Å²) in [5.74, 6) is -1.58. The lowest BCUT2D eigenvalue weighted by molar-refractivity contribution is 0.0697. The number of nitrogens with one attached hydrogen (secondary N) is 2. The van der Waals surface area contributed by atoms with Gasteiger partial charge in [0.15, 0.2) is 11.5 Å². The van der Waals surface area contributed by atoms with E-state index in [1.54, 1.807) is 11.0 Å². The number of carbonyl (C=O) groups excluding carboxylic acids is 3. The number of benzene rings is 1. The number of nitrogens with zero attached hydrogens (tertiary/aromatic N) is 3. The molecule has 1 saturated heterocycles. The Hall–Kier alpha value is -4.08. The second-order valence-electron chi connectivity index (χ2n) is 7.27. The van der Waals surface area contributed by atoms with Crippen molar-refractivity contribution < 1.29 is 23.2 Å². The maximum absolute atomic E-state index is 13.1. The van der Waals surface area contributed by atoms with Gasteiger partial charge < -0.3 is 20.0 Å². The number of aromatic nitrogens is 2. The number of piperidine rings is 1. The van der Waals surface area contributed by atoms with Gasteiger partial charge in [0.05, 0.1) is 11.8 Å². The molecule has 2 N–H and O–H groups in total. The second-order valence-corrected chi connectivity index (χ2v) is 7.27. The maximum atomic E-state index is 13.1. The van der Waals surface area contributed by atoms with E-state index in [4.69, 9.17) is 4.42 Å². The van der Waals surface area contributed by atoms with Crippen molar-refractivity contribution in [3.63, 3.8) is 0 Å². The highest BCUT2D eigenvalue weighted by Crippen LogP contribution is 2.16. The predicted octanol–water partition coefficient (Wildman–Crippen LogP) is 2.50. The van der Waals surface area contributed by atoms with E-state index in [2.05, 4.69) is 20.6 Å². The zero-order valence-electron chi connectivity index (χ0n) is 17.0. The monoisotopic (exact) mass is 437 g/mol. The molecule has 0 aliphatic carbocycles. The first-order valence-electron chi connectivity index (χ1n) is 10.0. The van der Waals surface area contributed by atoms with Crippen molar-refractivity contribution in [3.8, 4) is 0 Å². The van der Waals surface area contributed by atoms with Crippen molar-refractivity contribution in [1.29, 1.82) is 0 Å². The summed E-state index contributed by atoms with van der Waals surface area (Å²) in [6.07, 6.45) is 6.73. The number of hydrogen-bond acceptors (Lipinski definition) is 6. The summed E-state index contributed by atoms with van der Waals surface area (Å²) < 4.78 is 18.0. The Morgan fingerprint density at radius 1 is 0.969 bits per heavy atom. The average molecular weight is 437 g/mol. The highest BCUT2D eigenvalue weighted by molar-refractivity contribution is 6.07. The number of carbonyl (C=O) groups is 3. The Balaban J connectivity index is 1.36. The van der Waals surface area contributed by atoms with E-state index >= 15 is 0 Å². The Morgan fingerprint density at radius 3 is 2.38 bits per heavy atom. The minimum absolute atomic E-state index is 0.00639. The largest absolute Gasteiger partial charge is 0.472 e. The summed E-state index contributed by atoms with van der Waals surface area (Å²) in [5, 5.41) is 5.44. The molecule has 3 aromatic rings. The van der Waals surface area contributed by atoms with Gasteiger partial charge in [-0.3, -0.25) is 14.4 Å². The molecule has 0 spiro atoms. The number of anilines is 1. The highest BCUT2D eigenvalue weighted by atomic mass is 19.1. The van der Waals surface area contributed by atoms with Gasteiger partial charge in [0.25, 0.3) is 17.7 Å². The van der Waals surface area contributed by atoms with Crippen molar-refractivity contribution in [3.05, 3.63) is 77.9 Å². The number of halogens is 1. The summed E-state index contributed by atoms with van der Waals surface area (Å²) in [5.41, 5.74) is 0.687. The first-order chi connectivity index (χ1) is 15.5. The lowest BCUT2D eigenvalue weighted by atomic mass is 10.0. The van der Waals surface area contributed by atoms with Crippen LogP contribution >= 0.6 is 0 Å². The summed E-state index contributed by atoms with van der Waals surface area (Å²) >= 11 is 0. The highest BCUT2D eigenvalue weighted by Gasteiger charge is 2.26. The first-order valence-corrected chi connectivity index (χ1v) is 10.0. The molecule has 1 aliphatic rings. The van der Waals surface area contributed by atoms with Gasteiger partial charge in [0.1, 0.15) is 12.1 Å². The lowest BCUT2D eigenvalue weighted by Gasteiger charge is -2.32. The number of hydrogen-bond donors (Lipinski definition) is 2. The summed E-state index contributed by atoms with van der Waals surface area (Å²) in [7, 11) is 0. The third-order valence-corrected chi connectivity index (χ3v) is 5.14. The van der Waals surface area contributed by atoms with Crippen LogP contribution in [0.5, 0.6) is 0 Å². The van der Waals surface area contributed by atoms with E-state index in [1.165, 1.54) is 49.2 Å². The molecule has 2 aromatic heterocycles. The number of amides is 3. The summed E-state index contributed by atoms with van der Waals surface area (Å²) in [4.78, 5) is 47.4. The topological polar surface area (TPSA) is 117 Å². The standard InChI is InChI=1S/C22H20FN5O4/c23-16-3-1-14(2-4-16)20(29)27-19-18(24-8-9-25-19)21(30)26-17-5-10-28(11-6-17)22(31)15-7-12-32-13-15/h1-4,7-9,12-13,17H,5-6,10-11H2,(H,26,30)(H,25,27,29). The van der Waals surface area contributed by atoms with E-state index in [0.717, 1.165) is 0 Å². The number of furan rings is 1. The van der Waals surface area contributed by atoms with Gasteiger partial charge in [-0.15, -0.1) is 0 Å². The van der Waals surface area contributed by atoms with Crippen molar-refractivity contribution in [2.45, 2.75) is 18.9 Å². The molecule has 1 aromatic carbocycles. The zero-order chi connectivity index (χ0) is 22.5. The molecule has 164 valence electrons. The van der Waals surface area contributed by atoms with Crippen LogP contribution in [0.4, 0.5) is 10.2 Å². The fourth-order valence-corrected chi connectivity index (χ4v) is 3.43. The minimum Gasteiger partial charge on any atom is -0.472 e. The molecule has 0 bridgehead atoms. The Kier molecular flexibility index (Phi) is 6.20. The van der Waals surface area contributed by atoms with E-state index in [0.29, 0.717) is 31.5 Å². The molecule has 0 saturated carbocycles. The minimum atomic E-state index is -0.536. The predicted molar refractivity (Wildman–Crippen MR) is 111 cm³/mol. The molecule has 3 amide bonds. The fraction of sp³-hybridized carbons (Fsp3) is 0.227. The quantitative estimate of drug-likeness (QED) is 0.633. The second kappa shape index (κ2) is 9.38. The third kappa shape index (κ3) is 4.80. The van der Waals surface area contributed by atoms with Gasteiger partial charge in [0, 0.05) is 37.1 Å². The molecule has 0 atom stereocenters. The van der Waals surface area contributed by atoms with Crippen LogP contribution in [0.3, 0.4) is 0 Å². The molecule has 0 unspecified atom stereocenters. The molecule has 32 heavy (non-hydrogen) atoms. The van der Waals surface area contributed by atoms with E-state index in [1.807, 2.05) is 0 Å². The maximum Gasteiger partial charge on any atom is 0.273 e. The Labute approximate surface area is 182 Å². The van der Waals surface area contributed by atoms with E-state index in [9.17, 15) is 18.8 Å². The molecule has 10 heteroatoms. The normalized spacial score (nSPS) is 14.1. The van der Waals surface area contributed by atoms with Gasteiger partial charge in [-0.25, -0.2) is 14.4 Å². The van der Waals surface area contributed by atoms with Gasteiger partial charge in [-0.2, -0.15) is 0 Å². The molecular formula is C22H20FN5O4. The molecule has 9 nitrogen and oxygen atoms in total. The lowest BCUT2D eigenvalue weighted by Crippen LogP contribution is -2.46.